The smallest absolute Gasteiger partial charge is 0.243 e. The van der Waals surface area contributed by atoms with Crippen LogP contribution >= 0.6 is 0 Å². The number of aromatic nitrogens is 3. The van der Waals surface area contributed by atoms with Crippen LogP contribution in [-0.2, 0) is 11.2 Å². The predicted octanol–water partition coefficient (Wildman–Crippen LogP) is 1.46. The zero-order chi connectivity index (χ0) is 18.3. The highest BCUT2D eigenvalue weighted by Crippen LogP contribution is 2.44. The second-order valence-corrected chi connectivity index (χ2v) is 8.21. The largest absolute Gasteiger partial charge is 0.354 e. The van der Waals surface area contributed by atoms with Crippen LogP contribution in [0.3, 0.4) is 0 Å². The number of aryl methyl sites for hydroxylation is 1. The van der Waals surface area contributed by atoms with Gasteiger partial charge in [0.15, 0.2) is 0 Å². The molecule has 3 N–H and O–H groups in total. The molecule has 2 fully saturated rings. The molecular weight excluding hydrogens is 330 g/mol. The number of nitrogens with zero attached hydrogens (tertiary/aromatic N) is 4. The molecule has 4 rings (SSSR count). The Morgan fingerprint density at radius 3 is 2.92 bits per heavy atom. The molecule has 144 valence electrons. The topological polar surface area (TPSA) is 87.1 Å². The van der Waals surface area contributed by atoms with Crippen LogP contribution in [0.4, 0.5) is 5.95 Å². The fourth-order valence-electron chi connectivity index (χ4n) is 4.77. The molecule has 8 nitrogen and oxygen atoms in total. The van der Waals surface area contributed by atoms with Crippen LogP contribution in [0.1, 0.15) is 71.2 Å². The van der Waals surface area contributed by atoms with Crippen molar-refractivity contribution in [3.63, 3.8) is 0 Å². The summed E-state index contributed by atoms with van der Waals surface area (Å²) in [7, 11) is 0. The molecule has 1 saturated carbocycles. The van der Waals surface area contributed by atoms with E-state index in [2.05, 4.69) is 42.8 Å². The van der Waals surface area contributed by atoms with Gasteiger partial charge in [0.05, 0.1) is 6.17 Å². The fourth-order valence-corrected chi connectivity index (χ4v) is 4.77. The molecule has 0 bridgehead atoms. The molecule has 4 atom stereocenters. The predicted molar refractivity (Wildman–Crippen MR) is 99.2 cm³/mol. The number of fused-ring (bicyclic) bond motifs is 6. The Kier molecular flexibility index (Phi) is 4.88. The number of rotatable bonds is 5. The number of amides is 1. The molecule has 1 saturated heterocycles. The van der Waals surface area contributed by atoms with E-state index >= 15 is 0 Å². The molecule has 3 heterocycles. The lowest BCUT2D eigenvalue weighted by molar-refractivity contribution is -0.121. The highest BCUT2D eigenvalue weighted by atomic mass is 16.1. The summed E-state index contributed by atoms with van der Waals surface area (Å²) in [6.07, 6.45) is 7.68. The maximum atomic E-state index is 11.9. The Balaban J connectivity index is 1.51. The number of hydrazine groups is 1. The Hall–Kier alpha value is -1.67. The SMILES string of the molecule is CC(C)NC(=O)CCCc1nnc2n1C1CCCCC1C1NC(C)NN21. The van der Waals surface area contributed by atoms with E-state index in [4.69, 9.17) is 0 Å². The molecule has 0 aromatic carbocycles. The third-order valence-corrected chi connectivity index (χ3v) is 5.77. The van der Waals surface area contributed by atoms with Crippen molar-refractivity contribution in [2.45, 2.75) is 90.1 Å². The molecule has 4 unspecified atom stereocenters. The van der Waals surface area contributed by atoms with Crippen LogP contribution in [0.15, 0.2) is 0 Å². The van der Waals surface area contributed by atoms with E-state index < -0.39 is 0 Å². The van der Waals surface area contributed by atoms with Gasteiger partial charge >= 0.3 is 0 Å². The summed E-state index contributed by atoms with van der Waals surface area (Å²) in [6, 6.07) is 0.660. The fraction of sp³-hybridized carbons (Fsp3) is 0.833. The summed E-state index contributed by atoms with van der Waals surface area (Å²) in [6.45, 7) is 6.13. The van der Waals surface area contributed by atoms with Crippen LogP contribution < -0.4 is 21.1 Å². The molecule has 0 radical (unpaired) electrons. The number of hydrogen-bond acceptors (Lipinski definition) is 6. The van der Waals surface area contributed by atoms with Crippen molar-refractivity contribution in [2.75, 3.05) is 5.01 Å². The van der Waals surface area contributed by atoms with Crippen molar-refractivity contribution in [2.24, 2.45) is 5.92 Å². The van der Waals surface area contributed by atoms with Gasteiger partial charge in [0.2, 0.25) is 11.9 Å². The molecule has 3 aliphatic rings. The average molecular weight is 361 g/mol. The first kappa shape index (κ1) is 17.7. The molecule has 1 amide bonds. The Labute approximate surface area is 155 Å². The number of carbonyl (C=O) groups is 1. The van der Waals surface area contributed by atoms with Gasteiger partial charge in [0.1, 0.15) is 12.0 Å². The maximum Gasteiger partial charge on any atom is 0.243 e. The number of hydrogen-bond donors (Lipinski definition) is 3. The lowest BCUT2D eigenvalue weighted by Crippen LogP contribution is -2.53. The minimum atomic E-state index is 0.119. The first-order chi connectivity index (χ1) is 12.5. The number of nitrogens with one attached hydrogen (secondary N) is 3. The highest BCUT2D eigenvalue weighted by molar-refractivity contribution is 5.76. The molecule has 26 heavy (non-hydrogen) atoms. The van der Waals surface area contributed by atoms with Crippen molar-refractivity contribution < 1.29 is 4.79 Å². The summed E-state index contributed by atoms with van der Waals surface area (Å²) in [4.78, 5) is 11.9. The zero-order valence-electron chi connectivity index (χ0n) is 16.0. The van der Waals surface area contributed by atoms with E-state index in [1.165, 1.54) is 25.7 Å². The summed E-state index contributed by atoms with van der Waals surface area (Å²) >= 11 is 0. The van der Waals surface area contributed by atoms with Crippen molar-refractivity contribution in [3.05, 3.63) is 5.82 Å². The molecular formula is C18H31N7O. The molecule has 1 aliphatic carbocycles. The molecule has 8 heteroatoms. The quantitative estimate of drug-likeness (QED) is 0.736. The van der Waals surface area contributed by atoms with Crippen molar-refractivity contribution in [3.8, 4) is 0 Å². The van der Waals surface area contributed by atoms with Crippen LogP contribution in [0.2, 0.25) is 0 Å². The van der Waals surface area contributed by atoms with Gasteiger partial charge in [-0.05, 0) is 40.0 Å². The van der Waals surface area contributed by atoms with Crippen molar-refractivity contribution in [1.29, 1.82) is 0 Å². The average Bonchev–Trinajstić information content (AvgIpc) is 3.18. The third kappa shape index (κ3) is 3.20. The lowest BCUT2D eigenvalue weighted by atomic mass is 9.81. The van der Waals surface area contributed by atoms with Gasteiger partial charge in [-0.25, -0.2) is 5.43 Å². The van der Waals surface area contributed by atoms with Gasteiger partial charge in [-0.3, -0.25) is 19.7 Å². The number of carbonyl (C=O) groups excluding carboxylic acids is 1. The standard InChI is InChI=1S/C18H31N7O/c1-11(2)19-16(26)10-6-9-15-21-22-18-24(15)14-8-5-4-7-13(14)17-20-12(3)23-25(17)18/h11-14,17,20,23H,4-10H2,1-3H3,(H,19,26). The van der Waals surface area contributed by atoms with E-state index in [0.29, 0.717) is 24.5 Å². The summed E-state index contributed by atoms with van der Waals surface area (Å²) < 4.78 is 2.35. The zero-order valence-corrected chi connectivity index (χ0v) is 16.0. The van der Waals surface area contributed by atoms with Gasteiger partial charge in [0.25, 0.3) is 0 Å². The number of anilines is 1. The summed E-state index contributed by atoms with van der Waals surface area (Å²) in [5.74, 6) is 2.64. The van der Waals surface area contributed by atoms with Crippen LogP contribution in [-0.4, -0.2) is 39.0 Å². The Bertz CT molecular complexity index is 658. The summed E-state index contributed by atoms with van der Waals surface area (Å²) in [5, 5.41) is 17.8. The maximum absolute atomic E-state index is 11.9. The van der Waals surface area contributed by atoms with E-state index in [1.807, 2.05) is 13.8 Å². The van der Waals surface area contributed by atoms with Crippen LogP contribution in [0.5, 0.6) is 0 Å². The van der Waals surface area contributed by atoms with Crippen molar-refractivity contribution in [1.82, 2.24) is 30.8 Å². The second-order valence-electron chi connectivity index (χ2n) is 8.21. The van der Waals surface area contributed by atoms with Crippen LogP contribution in [0, 0.1) is 5.92 Å². The van der Waals surface area contributed by atoms with E-state index in [9.17, 15) is 4.79 Å². The van der Waals surface area contributed by atoms with Gasteiger partial charge < -0.3 is 5.32 Å². The molecule has 1 aromatic rings. The molecule has 1 aromatic heterocycles. The van der Waals surface area contributed by atoms with Crippen LogP contribution in [0.25, 0.3) is 0 Å². The van der Waals surface area contributed by atoms with Gasteiger partial charge in [-0.15, -0.1) is 10.2 Å². The normalized spacial score (nSPS) is 30.1. The second kappa shape index (κ2) is 7.15. The lowest BCUT2D eigenvalue weighted by Gasteiger charge is -2.44. The minimum Gasteiger partial charge on any atom is -0.354 e. The van der Waals surface area contributed by atoms with Gasteiger partial charge in [-0.1, -0.05) is 12.8 Å². The first-order valence-corrected chi connectivity index (χ1v) is 10.1. The first-order valence-electron chi connectivity index (χ1n) is 10.1. The molecule has 0 spiro atoms. The summed E-state index contributed by atoms with van der Waals surface area (Å²) in [5.41, 5.74) is 3.49. The third-order valence-electron chi connectivity index (χ3n) is 5.77. The Morgan fingerprint density at radius 1 is 1.31 bits per heavy atom. The van der Waals surface area contributed by atoms with Crippen molar-refractivity contribution >= 4 is 11.9 Å². The van der Waals surface area contributed by atoms with Gasteiger partial charge in [0, 0.05) is 30.8 Å². The monoisotopic (exact) mass is 361 g/mol. The highest BCUT2D eigenvalue weighted by Gasteiger charge is 2.47. The van der Waals surface area contributed by atoms with E-state index in [0.717, 1.165) is 24.6 Å². The molecule has 2 aliphatic heterocycles. The van der Waals surface area contributed by atoms with Gasteiger partial charge in [-0.2, -0.15) is 0 Å². The van der Waals surface area contributed by atoms with E-state index in [1.54, 1.807) is 0 Å². The Morgan fingerprint density at radius 2 is 2.12 bits per heavy atom. The van der Waals surface area contributed by atoms with E-state index in [-0.39, 0.29) is 18.1 Å². The minimum absolute atomic E-state index is 0.119.